The molecule has 1 aliphatic heterocycles. The number of nitrogens with zero attached hydrogens (tertiary/aromatic N) is 2. The molecule has 29 heavy (non-hydrogen) atoms. The molecular formula is C19H16ClF3N4O2. The Morgan fingerprint density at radius 2 is 1.86 bits per heavy atom. The molecule has 1 aromatic heterocycles. The van der Waals surface area contributed by atoms with E-state index in [2.05, 4.69) is 25.3 Å². The minimum atomic E-state index is -4.70. The maximum Gasteiger partial charge on any atom is 0.471 e. The van der Waals surface area contributed by atoms with Crippen LogP contribution in [0.1, 0.15) is 27.4 Å². The molecule has 0 aliphatic carbocycles. The van der Waals surface area contributed by atoms with Crippen LogP contribution in [0.15, 0.2) is 47.0 Å². The number of aromatic nitrogens is 2. The van der Waals surface area contributed by atoms with E-state index in [4.69, 9.17) is 0 Å². The van der Waals surface area contributed by atoms with Crippen molar-refractivity contribution in [1.29, 1.82) is 0 Å². The third-order valence-corrected chi connectivity index (χ3v) is 4.42. The summed E-state index contributed by atoms with van der Waals surface area (Å²) in [5.41, 5.74) is 3.77. The van der Waals surface area contributed by atoms with Crippen molar-refractivity contribution in [2.45, 2.75) is 19.1 Å². The van der Waals surface area contributed by atoms with Gasteiger partial charge in [0.2, 0.25) is 5.82 Å². The second-order valence-corrected chi connectivity index (χ2v) is 6.36. The van der Waals surface area contributed by atoms with Crippen molar-refractivity contribution in [2.24, 2.45) is 0 Å². The number of benzene rings is 2. The fourth-order valence-corrected chi connectivity index (χ4v) is 2.99. The van der Waals surface area contributed by atoms with Crippen LogP contribution in [0.3, 0.4) is 0 Å². The van der Waals surface area contributed by atoms with Crippen LogP contribution in [0, 0.1) is 0 Å². The highest BCUT2D eigenvalue weighted by Crippen LogP contribution is 2.29. The zero-order valence-corrected chi connectivity index (χ0v) is 15.7. The standard InChI is InChI=1S/C19H15F3N4O2.ClH/c20-19(21,22)18-25-16(26-28-18)12-1-3-13(4-2-12)17(27)24-15-6-5-11-7-8-23-10-14(11)9-15;/h1-6,9,23H,7-8,10H2,(H,24,27);1H. The van der Waals surface area contributed by atoms with Crippen LogP contribution in [-0.2, 0) is 19.1 Å². The quantitative estimate of drug-likeness (QED) is 0.662. The van der Waals surface area contributed by atoms with Crippen LogP contribution in [0.25, 0.3) is 11.4 Å². The molecule has 0 saturated carbocycles. The van der Waals surface area contributed by atoms with Gasteiger partial charge in [-0.1, -0.05) is 23.4 Å². The van der Waals surface area contributed by atoms with Crippen molar-refractivity contribution < 1.29 is 22.5 Å². The summed E-state index contributed by atoms with van der Waals surface area (Å²) in [5, 5.41) is 9.43. The van der Waals surface area contributed by atoms with Gasteiger partial charge in [0, 0.05) is 23.4 Å². The van der Waals surface area contributed by atoms with Gasteiger partial charge in [-0.25, -0.2) is 0 Å². The van der Waals surface area contributed by atoms with E-state index in [0.717, 1.165) is 25.1 Å². The molecule has 4 rings (SSSR count). The molecule has 3 aromatic rings. The molecule has 10 heteroatoms. The zero-order valence-electron chi connectivity index (χ0n) is 14.9. The lowest BCUT2D eigenvalue weighted by Crippen LogP contribution is -2.23. The van der Waals surface area contributed by atoms with Gasteiger partial charge in [-0.05, 0) is 48.4 Å². The van der Waals surface area contributed by atoms with Crippen molar-refractivity contribution in [1.82, 2.24) is 15.5 Å². The SMILES string of the molecule is Cl.O=C(Nc1ccc2c(c1)CNCC2)c1ccc(-c2noc(C(F)(F)F)n2)cc1. The molecule has 0 saturated heterocycles. The molecule has 0 atom stereocenters. The lowest BCUT2D eigenvalue weighted by atomic mass is 10.0. The minimum Gasteiger partial charge on any atom is -0.329 e. The lowest BCUT2D eigenvalue weighted by Gasteiger charge is -2.18. The van der Waals surface area contributed by atoms with E-state index in [0.29, 0.717) is 16.8 Å². The molecule has 2 N–H and O–H groups in total. The maximum atomic E-state index is 12.5. The van der Waals surface area contributed by atoms with Gasteiger partial charge < -0.3 is 15.2 Å². The second kappa shape index (κ2) is 8.22. The van der Waals surface area contributed by atoms with Crippen molar-refractivity contribution in [3.05, 3.63) is 65.0 Å². The molecule has 6 nitrogen and oxygen atoms in total. The highest BCUT2D eigenvalue weighted by molar-refractivity contribution is 6.04. The summed E-state index contributed by atoms with van der Waals surface area (Å²) in [6.07, 6.45) is -3.74. The van der Waals surface area contributed by atoms with Crippen LogP contribution in [0.5, 0.6) is 0 Å². The van der Waals surface area contributed by atoms with E-state index in [1.165, 1.54) is 29.8 Å². The normalized spacial score (nSPS) is 13.3. The van der Waals surface area contributed by atoms with E-state index < -0.39 is 12.1 Å². The second-order valence-electron chi connectivity index (χ2n) is 6.36. The number of amides is 1. The first-order valence-electron chi connectivity index (χ1n) is 8.55. The molecule has 0 unspecified atom stereocenters. The topological polar surface area (TPSA) is 80.0 Å². The van der Waals surface area contributed by atoms with Gasteiger partial charge in [0.1, 0.15) is 0 Å². The molecule has 0 spiro atoms. The Bertz CT molecular complexity index is 1020. The van der Waals surface area contributed by atoms with Gasteiger partial charge in [-0.15, -0.1) is 12.4 Å². The minimum absolute atomic E-state index is 0. The Morgan fingerprint density at radius 1 is 1.10 bits per heavy atom. The number of hydrogen-bond donors (Lipinski definition) is 2. The van der Waals surface area contributed by atoms with Crippen molar-refractivity contribution >= 4 is 24.0 Å². The van der Waals surface area contributed by atoms with E-state index in [1.54, 1.807) is 0 Å². The van der Waals surface area contributed by atoms with Gasteiger partial charge in [0.25, 0.3) is 5.91 Å². The number of carbonyl (C=O) groups is 1. The van der Waals surface area contributed by atoms with Crippen LogP contribution in [0.2, 0.25) is 0 Å². The van der Waals surface area contributed by atoms with Crippen LogP contribution in [-0.4, -0.2) is 22.6 Å². The lowest BCUT2D eigenvalue weighted by molar-refractivity contribution is -0.159. The highest BCUT2D eigenvalue weighted by atomic mass is 35.5. The van der Waals surface area contributed by atoms with E-state index >= 15 is 0 Å². The first kappa shape index (κ1) is 20.8. The van der Waals surface area contributed by atoms with Crippen molar-refractivity contribution in [3.8, 4) is 11.4 Å². The van der Waals surface area contributed by atoms with E-state index in [9.17, 15) is 18.0 Å². The van der Waals surface area contributed by atoms with Gasteiger partial charge in [0.15, 0.2) is 0 Å². The summed E-state index contributed by atoms with van der Waals surface area (Å²) in [5.74, 6) is -1.92. The monoisotopic (exact) mass is 424 g/mol. The maximum absolute atomic E-state index is 12.5. The predicted molar refractivity (Wildman–Crippen MR) is 102 cm³/mol. The summed E-state index contributed by atoms with van der Waals surface area (Å²) in [6.45, 7) is 1.70. The molecule has 2 heterocycles. The summed E-state index contributed by atoms with van der Waals surface area (Å²) < 4.78 is 41.9. The average molecular weight is 425 g/mol. The highest BCUT2D eigenvalue weighted by Gasteiger charge is 2.38. The molecule has 0 fully saturated rings. The Labute approximate surface area is 169 Å². The summed E-state index contributed by atoms with van der Waals surface area (Å²) in [6, 6.07) is 11.7. The van der Waals surface area contributed by atoms with E-state index in [-0.39, 0.29) is 24.1 Å². The third kappa shape index (κ3) is 4.57. The summed E-state index contributed by atoms with van der Waals surface area (Å²) in [7, 11) is 0. The molecule has 0 bridgehead atoms. The number of rotatable bonds is 3. The third-order valence-electron chi connectivity index (χ3n) is 4.42. The molecule has 2 aromatic carbocycles. The predicted octanol–water partition coefficient (Wildman–Crippen LogP) is 4.08. The van der Waals surface area contributed by atoms with E-state index in [1.807, 2.05) is 18.2 Å². The Hall–Kier alpha value is -2.91. The fourth-order valence-electron chi connectivity index (χ4n) is 2.99. The number of alkyl halides is 3. The van der Waals surface area contributed by atoms with Crippen LogP contribution in [0.4, 0.5) is 18.9 Å². The first-order valence-corrected chi connectivity index (χ1v) is 8.55. The summed E-state index contributed by atoms with van der Waals surface area (Å²) >= 11 is 0. The first-order chi connectivity index (χ1) is 13.4. The number of hydrogen-bond acceptors (Lipinski definition) is 5. The number of anilines is 1. The van der Waals surface area contributed by atoms with Crippen LogP contribution < -0.4 is 10.6 Å². The smallest absolute Gasteiger partial charge is 0.329 e. The average Bonchev–Trinajstić information content (AvgIpc) is 3.19. The van der Waals surface area contributed by atoms with Crippen molar-refractivity contribution in [3.63, 3.8) is 0 Å². The molecule has 1 amide bonds. The molecule has 0 radical (unpaired) electrons. The van der Waals surface area contributed by atoms with Gasteiger partial charge in [0.05, 0.1) is 0 Å². The molecule has 1 aliphatic rings. The van der Waals surface area contributed by atoms with Gasteiger partial charge in [-0.2, -0.15) is 18.2 Å². The number of halogens is 4. The molecular weight excluding hydrogens is 409 g/mol. The Morgan fingerprint density at radius 3 is 2.55 bits per heavy atom. The largest absolute Gasteiger partial charge is 0.471 e. The fraction of sp³-hybridized carbons (Fsp3) is 0.211. The van der Waals surface area contributed by atoms with Crippen molar-refractivity contribution in [2.75, 3.05) is 11.9 Å². The van der Waals surface area contributed by atoms with Gasteiger partial charge in [-0.3, -0.25) is 4.79 Å². The van der Waals surface area contributed by atoms with Crippen LogP contribution >= 0.6 is 12.4 Å². The summed E-state index contributed by atoms with van der Waals surface area (Å²) in [4.78, 5) is 15.8. The Balaban J connectivity index is 0.00000240. The van der Waals surface area contributed by atoms with Gasteiger partial charge >= 0.3 is 12.1 Å². The zero-order chi connectivity index (χ0) is 19.7. The molecule has 152 valence electrons. The number of carbonyl (C=O) groups excluding carboxylic acids is 1. The number of fused-ring (bicyclic) bond motifs is 1. The Kier molecular flexibility index (Phi) is 5.90. The number of nitrogens with one attached hydrogen (secondary N) is 2.